The van der Waals surface area contributed by atoms with E-state index in [4.69, 9.17) is 10.8 Å². The van der Waals surface area contributed by atoms with E-state index < -0.39 is 12.0 Å². The predicted octanol–water partition coefficient (Wildman–Crippen LogP) is 1.43. The fourth-order valence-electron chi connectivity index (χ4n) is 1.03. The Morgan fingerprint density at radius 2 is 2.21 bits per heavy atom. The lowest BCUT2D eigenvalue weighted by molar-refractivity contribution is -0.137. The minimum absolute atomic E-state index is 0.0243. The van der Waals surface area contributed by atoms with Crippen molar-refractivity contribution in [1.29, 1.82) is 0 Å². The van der Waals surface area contributed by atoms with Gasteiger partial charge in [-0.1, -0.05) is 0 Å². The van der Waals surface area contributed by atoms with Crippen LogP contribution in [-0.2, 0) is 4.79 Å². The van der Waals surface area contributed by atoms with Crippen molar-refractivity contribution in [1.82, 2.24) is 0 Å². The second kappa shape index (κ2) is 4.34. The van der Waals surface area contributed by atoms with Gasteiger partial charge >= 0.3 is 5.97 Å². The largest absolute Gasteiger partial charge is 0.481 e. The molecule has 1 atom stereocenters. The molecule has 0 fully saturated rings. The minimum Gasteiger partial charge on any atom is -0.481 e. The van der Waals surface area contributed by atoms with Gasteiger partial charge in [0.2, 0.25) is 0 Å². The Morgan fingerprint density at radius 1 is 1.57 bits per heavy atom. The Balaban J connectivity index is 2.76. The minimum atomic E-state index is -0.935. The maximum Gasteiger partial charge on any atom is 0.305 e. The molecule has 1 aromatic heterocycles. The lowest BCUT2D eigenvalue weighted by Gasteiger charge is -2.04. The summed E-state index contributed by atoms with van der Waals surface area (Å²) in [6.07, 6.45) is -0.113. The first-order valence-electron chi connectivity index (χ1n) is 4.08. The van der Waals surface area contributed by atoms with Crippen LogP contribution >= 0.6 is 11.3 Å². The summed E-state index contributed by atoms with van der Waals surface area (Å²) >= 11 is 1.25. The zero-order chi connectivity index (χ0) is 10.7. The molecule has 0 amide bonds. The van der Waals surface area contributed by atoms with Gasteiger partial charge in [-0.2, -0.15) is 0 Å². The highest BCUT2D eigenvalue weighted by molar-refractivity contribution is 7.14. The maximum atomic E-state index is 11.0. The summed E-state index contributed by atoms with van der Waals surface area (Å²) < 4.78 is 0. The second-order valence-corrected chi connectivity index (χ2v) is 4.08. The molecule has 14 heavy (non-hydrogen) atoms. The van der Waals surface area contributed by atoms with E-state index in [0.29, 0.717) is 4.88 Å². The van der Waals surface area contributed by atoms with Crippen molar-refractivity contribution in [2.45, 2.75) is 19.4 Å². The number of thiophene rings is 1. The molecular weight excluding hydrogens is 202 g/mol. The van der Waals surface area contributed by atoms with Crippen LogP contribution in [0.3, 0.4) is 0 Å². The number of Topliss-reactive ketones (excluding diaryl/α,β-unsaturated/α-hetero) is 1. The third kappa shape index (κ3) is 2.65. The molecule has 0 saturated carbocycles. The predicted molar refractivity (Wildman–Crippen MR) is 53.5 cm³/mol. The molecule has 3 N–H and O–H groups in total. The number of carboxylic acids is 1. The van der Waals surface area contributed by atoms with E-state index in [1.54, 1.807) is 12.1 Å². The zero-order valence-corrected chi connectivity index (χ0v) is 8.50. The van der Waals surface area contributed by atoms with Gasteiger partial charge in [-0.15, -0.1) is 11.3 Å². The van der Waals surface area contributed by atoms with Crippen LogP contribution in [0, 0.1) is 0 Å². The highest BCUT2D eigenvalue weighted by Gasteiger charge is 2.13. The lowest BCUT2D eigenvalue weighted by atomic mass is 10.2. The third-order valence-corrected chi connectivity index (χ3v) is 3.05. The molecule has 0 bridgehead atoms. The molecule has 0 aromatic carbocycles. The summed E-state index contributed by atoms with van der Waals surface area (Å²) in [5.41, 5.74) is 5.63. The van der Waals surface area contributed by atoms with Gasteiger partial charge in [0, 0.05) is 10.9 Å². The maximum absolute atomic E-state index is 11.0. The van der Waals surface area contributed by atoms with Gasteiger partial charge in [-0.25, -0.2) is 0 Å². The van der Waals surface area contributed by atoms with Crippen LogP contribution in [0.2, 0.25) is 0 Å². The van der Waals surface area contributed by atoms with Gasteiger partial charge in [-0.3, -0.25) is 9.59 Å². The van der Waals surface area contributed by atoms with Crippen LogP contribution in [0.5, 0.6) is 0 Å². The first kappa shape index (κ1) is 10.9. The normalized spacial score (nSPS) is 12.4. The van der Waals surface area contributed by atoms with Crippen LogP contribution in [0.25, 0.3) is 0 Å². The van der Waals surface area contributed by atoms with Gasteiger partial charge in [0.1, 0.15) is 0 Å². The summed E-state index contributed by atoms with van der Waals surface area (Å²) in [6.45, 7) is 1.47. The van der Waals surface area contributed by atoms with Crippen LogP contribution in [-0.4, -0.2) is 16.9 Å². The molecule has 76 valence electrons. The fraction of sp³-hybridized carbons (Fsp3) is 0.333. The quantitative estimate of drug-likeness (QED) is 0.741. The Morgan fingerprint density at radius 3 is 2.64 bits per heavy atom. The topological polar surface area (TPSA) is 80.4 Å². The van der Waals surface area contributed by atoms with Crippen LogP contribution in [0.1, 0.15) is 33.9 Å². The molecule has 4 nitrogen and oxygen atoms in total. The molecular formula is C9H11NO3S. The number of nitrogens with two attached hydrogens (primary N) is 1. The summed E-state index contributed by atoms with van der Waals surface area (Å²) in [6, 6.07) is 2.85. The van der Waals surface area contributed by atoms with Gasteiger partial charge in [0.05, 0.1) is 11.3 Å². The van der Waals surface area contributed by atoms with Crippen molar-refractivity contribution in [3.05, 3.63) is 21.9 Å². The monoisotopic (exact) mass is 213 g/mol. The molecule has 0 aliphatic heterocycles. The summed E-state index contributed by atoms with van der Waals surface area (Å²) in [4.78, 5) is 22.7. The van der Waals surface area contributed by atoms with Crippen molar-refractivity contribution in [3.63, 3.8) is 0 Å². The molecule has 1 unspecified atom stereocenters. The lowest BCUT2D eigenvalue weighted by Crippen LogP contribution is -2.13. The van der Waals surface area contributed by atoms with E-state index in [2.05, 4.69) is 0 Å². The molecule has 0 saturated heterocycles. The molecule has 0 radical (unpaired) electrons. The summed E-state index contributed by atoms with van der Waals surface area (Å²) in [5, 5.41) is 8.52. The number of aliphatic carboxylic acids is 1. The number of hydrogen-bond acceptors (Lipinski definition) is 4. The van der Waals surface area contributed by atoms with Crippen molar-refractivity contribution in [2.24, 2.45) is 5.73 Å². The number of carbonyl (C=O) groups excluding carboxylic acids is 1. The number of hydrogen-bond donors (Lipinski definition) is 2. The molecule has 1 aromatic rings. The molecule has 1 rings (SSSR count). The number of carbonyl (C=O) groups is 2. The van der Waals surface area contributed by atoms with E-state index in [-0.39, 0.29) is 12.2 Å². The average Bonchev–Trinajstić information content (AvgIpc) is 2.50. The highest BCUT2D eigenvalue weighted by Crippen LogP contribution is 2.24. The number of carboxylic acid groups (broad SMARTS) is 1. The molecule has 0 aliphatic rings. The third-order valence-electron chi connectivity index (χ3n) is 1.73. The Hall–Kier alpha value is -1.20. The van der Waals surface area contributed by atoms with Crippen LogP contribution < -0.4 is 5.73 Å². The Kier molecular flexibility index (Phi) is 3.38. The SMILES string of the molecule is CC(=O)c1ccc(C(N)CC(=O)O)s1. The Bertz CT molecular complexity index is 359. The van der Waals surface area contributed by atoms with E-state index in [1.165, 1.54) is 18.3 Å². The number of rotatable bonds is 4. The summed E-state index contributed by atoms with van der Waals surface area (Å²) in [5.74, 6) is -0.959. The average molecular weight is 213 g/mol. The smallest absolute Gasteiger partial charge is 0.305 e. The van der Waals surface area contributed by atoms with Gasteiger partial charge < -0.3 is 10.8 Å². The second-order valence-electron chi connectivity index (χ2n) is 2.96. The van der Waals surface area contributed by atoms with E-state index >= 15 is 0 Å². The van der Waals surface area contributed by atoms with Crippen LogP contribution in [0.4, 0.5) is 0 Å². The molecule has 5 heteroatoms. The van der Waals surface area contributed by atoms with E-state index in [9.17, 15) is 9.59 Å². The Labute approximate surface area is 85.4 Å². The zero-order valence-electron chi connectivity index (χ0n) is 7.69. The van der Waals surface area contributed by atoms with Crippen molar-refractivity contribution >= 4 is 23.1 Å². The summed E-state index contributed by atoms with van der Waals surface area (Å²) in [7, 11) is 0. The molecule has 1 heterocycles. The van der Waals surface area contributed by atoms with Gasteiger partial charge in [0.25, 0.3) is 0 Å². The fourth-order valence-corrected chi connectivity index (χ4v) is 1.93. The first-order chi connectivity index (χ1) is 6.50. The van der Waals surface area contributed by atoms with Crippen LogP contribution in [0.15, 0.2) is 12.1 Å². The number of ketones is 1. The van der Waals surface area contributed by atoms with Crippen molar-refractivity contribution in [3.8, 4) is 0 Å². The molecule has 0 spiro atoms. The van der Waals surface area contributed by atoms with E-state index in [1.807, 2.05) is 0 Å². The van der Waals surface area contributed by atoms with Crippen molar-refractivity contribution < 1.29 is 14.7 Å². The standard InChI is InChI=1S/C9H11NO3S/c1-5(11)7-2-3-8(14-7)6(10)4-9(12)13/h2-3,6H,4,10H2,1H3,(H,12,13). The van der Waals surface area contributed by atoms with Gasteiger partial charge in [-0.05, 0) is 19.1 Å². The van der Waals surface area contributed by atoms with Gasteiger partial charge in [0.15, 0.2) is 5.78 Å². The highest BCUT2D eigenvalue weighted by atomic mass is 32.1. The molecule has 0 aliphatic carbocycles. The van der Waals surface area contributed by atoms with E-state index in [0.717, 1.165) is 4.88 Å². The first-order valence-corrected chi connectivity index (χ1v) is 4.90. The van der Waals surface area contributed by atoms with Crippen molar-refractivity contribution in [2.75, 3.05) is 0 Å².